The Labute approximate surface area is 155 Å². The monoisotopic (exact) mass is 374 g/mol. The Morgan fingerprint density at radius 2 is 1.46 bits per heavy atom. The van der Waals surface area contributed by atoms with Gasteiger partial charge < -0.3 is 9.47 Å². The summed E-state index contributed by atoms with van der Waals surface area (Å²) in [6.07, 6.45) is 8.40. The number of carbonyl (C=O) groups is 2. The van der Waals surface area contributed by atoms with Crippen molar-refractivity contribution in [3.63, 3.8) is 0 Å². The SMILES string of the molecule is C1=Cc2ccccc2OC1.C1CCOC1.Cl.Cl.O=C1CCCC1=O. The second kappa shape index (κ2) is 13.0. The molecular formula is C18H24Cl2O4. The fourth-order valence-corrected chi connectivity index (χ4v) is 2.26. The fraction of sp³-hybridized carbons (Fsp3) is 0.444. The average molecular weight is 375 g/mol. The second-order valence-corrected chi connectivity index (χ2v) is 5.27. The van der Waals surface area contributed by atoms with E-state index < -0.39 is 0 Å². The minimum atomic E-state index is -0.181. The number of carbonyl (C=O) groups excluding carboxylic acids is 2. The van der Waals surface area contributed by atoms with Gasteiger partial charge in [-0.05, 0) is 31.4 Å². The van der Waals surface area contributed by atoms with Gasteiger partial charge in [0.1, 0.15) is 12.4 Å². The van der Waals surface area contributed by atoms with Gasteiger partial charge in [0.05, 0.1) is 0 Å². The lowest BCUT2D eigenvalue weighted by Crippen LogP contribution is -2.01. The quantitative estimate of drug-likeness (QED) is 0.643. The van der Waals surface area contributed by atoms with Gasteiger partial charge in [-0.15, -0.1) is 24.8 Å². The molecule has 1 aromatic carbocycles. The lowest BCUT2D eigenvalue weighted by atomic mass is 10.1. The maximum absolute atomic E-state index is 10.2. The third kappa shape index (κ3) is 7.95. The minimum Gasteiger partial charge on any atom is -0.489 e. The summed E-state index contributed by atoms with van der Waals surface area (Å²) in [6.45, 7) is 2.71. The van der Waals surface area contributed by atoms with E-state index in [0.29, 0.717) is 19.4 Å². The molecule has 1 aliphatic carbocycles. The van der Waals surface area contributed by atoms with Gasteiger partial charge in [-0.25, -0.2) is 0 Å². The van der Waals surface area contributed by atoms with Crippen LogP contribution in [-0.2, 0) is 14.3 Å². The molecule has 134 valence electrons. The zero-order valence-electron chi connectivity index (χ0n) is 13.6. The molecular weight excluding hydrogens is 351 g/mol. The van der Waals surface area contributed by atoms with Crippen molar-refractivity contribution in [1.82, 2.24) is 0 Å². The highest BCUT2D eigenvalue weighted by Gasteiger charge is 2.19. The number of benzene rings is 1. The highest BCUT2D eigenvalue weighted by molar-refractivity contribution is 6.38. The van der Waals surface area contributed by atoms with Crippen LogP contribution < -0.4 is 4.74 Å². The van der Waals surface area contributed by atoms with Gasteiger partial charge in [-0.3, -0.25) is 9.59 Å². The zero-order chi connectivity index (χ0) is 15.6. The maximum Gasteiger partial charge on any atom is 0.198 e. The number of halogens is 2. The largest absolute Gasteiger partial charge is 0.489 e. The number of fused-ring (bicyclic) bond motifs is 1. The van der Waals surface area contributed by atoms with Gasteiger partial charge in [0, 0.05) is 31.6 Å². The van der Waals surface area contributed by atoms with E-state index in [2.05, 4.69) is 6.08 Å². The van der Waals surface area contributed by atoms with Gasteiger partial charge >= 0.3 is 0 Å². The number of ether oxygens (including phenoxy) is 2. The average Bonchev–Trinajstić information content (AvgIpc) is 3.25. The molecule has 2 fully saturated rings. The van der Waals surface area contributed by atoms with Crippen molar-refractivity contribution in [3.05, 3.63) is 35.9 Å². The molecule has 0 unspecified atom stereocenters. The number of Topliss-reactive ketones (excluding diaryl/α,β-unsaturated/α-hetero) is 2. The molecule has 0 N–H and O–H groups in total. The van der Waals surface area contributed by atoms with Crippen molar-refractivity contribution in [2.45, 2.75) is 32.1 Å². The lowest BCUT2D eigenvalue weighted by molar-refractivity contribution is -0.134. The molecule has 2 heterocycles. The Morgan fingerprint density at radius 3 is 1.92 bits per heavy atom. The summed E-state index contributed by atoms with van der Waals surface area (Å²) in [4.78, 5) is 20.4. The molecule has 0 amide bonds. The van der Waals surface area contributed by atoms with E-state index in [-0.39, 0.29) is 36.4 Å². The molecule has 1 aromatic rings. The Kier molecular flexibility index (Phi) is 12.3. The molecule has 1 saturated carbocycles. The van der Waals surface area contributed by atoms with Crippen LogP contribution in [0, 0.1) is 0 Å². The van der Waals surface area contributed by atoms with Crippen molar-refractivity contribution in [2.24, 2.45) is 0 Å². The highest BCUT2D eigenvalue weighted by Crippen LogP contribution is 2.21. The Morgan fingerprint density at radius 1 is 0.833 bits per heavy atom. The first-order chi connectivity index (χ1) is 10.8. The second-order valence-electron chi connectivity index (χ2n) is 5.27. The van der Waals surface area contributed by atoms with E-state index in [1.165, 1.54) is 18.4 Å². The Balaban J connectivity index is 0.000000336. The summed E-state index contributed by atoms with van der Waals surface area (Å²) in [5, 5.41) is 0. The van der Waals surface area contributed by atoms with E-state index in [4.69, 9.17) is 9.47 Å². The number of hydrogen-bond acceptors (Lipinski definition) is 4. The molecule has 0 aromatic heterocycles. The van der Waals surface area contributed by atoms with Crippen LogP contribution in [0.1, 0.15) is 37.7 Å². The molecule has 24 heavy (non-hydrogen) atoms. The lowest BCUT2D eigenvalue weighted by Gasteiger charge is -2.10. The van der Waals surface area contributed by atoms with Crippen LogP contribution in [0.25, 0.3) is 6.08 Å². The van der Waals surface area contributed by atoms with E-state index in [0.717, 1.165) is 25.4 Å². The van der Waals surface area contributed by atoms with E-state index in [1.54, 1.807) is 0 Å². The molecule has 0 bridgehead atoms. The predicted octanol–water partition coefficient (Wildman–Crippen LogP) is 4.04. The van der Waals surface area contributed by atoms with Crippen LogP contribution in [-0.4, -0.2) is 31.4 Å². The van der Waals surface area contributed by atoms with Crippen LogP contribution in [0.2, 0.25) is 0 Å². The highest BCUT2D eigenvalue weighted by atomic mass is 35.5. The third-order valence-electron chi connectivity index (χ3n) is 3.50. The first kappa shape index (κ1) is 22.6. The third-order valence-corrected chi connectivity index (χ3v) is 3.50. The molecule has 4 nitrogen and oxygen atoms in total. The number of para-hydroxylation sites is 1. The van der Waals surface area contributed by atoms with E-state index >= 15 is 0 Å². The molecule has 2 aliphatic heterocycles. The van der Waals surface area contributed by atoms with Crippen LogP contribution in [0.4, 0.5) is 0 Å². The van der Waals surface area contributed by atoms with Crippen LogP contribution in [0.3, 0.4) is 0 Å². The molecule has 3 aliphatic rings. The van der Waals surface area contributed by atoms with Gasteiger partial charge in [-0.1, -0.05) is 24.3 Å². The minimum absolute atomic E-state index is 0. The van der Waals surface area contributed by atoms with E-state index in [9.17, 15) is 9.59 Å². The fourth-order valence-electron chi connectivity index (χ4n) is 2.26. The number of hydrogen-bond donors (Lipinski definition) is 0. The molecule has 1 saturated heterocycles. The first-order valence-corrected chi connectivity index (χ1v) is 7.79. The first-order valence-electron chi connectivity index (χ1n) is 7.79. The smallest absolute Gasteiger partial charge is 0.198 e. The summed E-state index contributed by atoms with van der Waals surface area (Å²) in [5.41, 5.74) is 1.17. The molecule has 4 rings (SSSR count). The summed E-state index contributed by atoms with van der Waals surface area (Å²) >= 11 is 0. The standard InChI is InChI=1S/C9H8O.C5H6O2.C4H8O.2ClH/c1-2-6-9-8(4-1)5-3-7-10-9;6-4-2-1-3-5(4)7;1-2-4-5-3-1;;/h1-6H,7H2;1-3H2;1-4H2;2*1H. The van der Waals surface area contributed by atoms with Crippen molar-refractivity contribution in [2.75, 3.05) is 19.8 Å². The molecule has 0 spiro atoms. The molecule has 0 radical (unpaired) electrons. The Hall–Kier alpha value is -1.36. The van der Waals surface area contributed by atoms with Crippen molar-refractivity contribution in [1.29, 1.82) is 0 Å². The zero-order valence-corrected chi connectivity index (χ0v) is 15.2. The summed E-state index contributed by atoms with van der Waals surface area (Å²) in [5.74, 6) is 0.630. The summed E-state index contributed by atoms with van der Waals surface area (Å²) < 4.78 is 10.3. The molecule has 0 atom stereocenters. The van der Waals surface area contributed by atoms with Gasteiger partial charge in [0.2, 0.25) is 0 Å². The van der Waals surface area contributed by atoms with Crippen molar-refractivity contribution < 1.29 is 19.1 Å². The topological polar surface area (TPSA) is 52.6 Å². The van der Waals surface area contributed by atoms with Crippen molar-refractivity contribution in [3.8, 4) is 5.75 Å². The van der Waals surface area contributed by atoms with Crippen LogP contribution in [0.15, 0.2) is 30.3 Å². The summed E-state index contributed by atoms with van der Waals surface area (Å²) in [7, 11) is 0. The molecule has 6 heteroatoms. The van der Waals surface area contributed by atoms with Crippen molar-refractivity contribution >= 4 is 42.5 Å². The predicted molar refractivity (Wildman–Crippen MR) is 99.4 cm³/mol. The Bertz CT molecular complexity index is 518. The van der Waals surface area contributed by atoms with Crippen LogP contribution >= 0.6 is 24.8 Å². The van der Waals surface area contributed by atoms with Gasteiger partial charge in [-0.2, -0.15) is 0 Å². The van der Waals surface area contributed by atoms with Gasteiger partial charge in [0.25, 0.3) is 0 Å². The number of rotatable bonds is 0. The van der Waals surface area contributed by atoms with Gasteiger partial charge in [0.15, 0.2) is 11.6 Å². The maximum atomic E-state index is 10.2. The van der Waals surface area contributed by atoms with Crippen LogP contribution in [0.5, 0.6) is 5.75 Å². The van der Waals surface area contributed by atoms with E-state index in [1.807, 2.05) is 30.3 Å². The normalized spacial score (nSPS) is 17.0. The summed E-state index contributed by atoms with van der Waals surface area (Å²) in [6, 6.07) is 8.03. The number of ketones is 2.